The molecule has 1 amide bonds. The van der Waals surface area contributed by atoms with Crippen LogP contribution in [0, 0.1) is 6.92 Å². The number of rotatable bonds is 3. The molecule has 21 heavy (non-hydrogen) atoms. The summed E-state index contributed by atoms with van der Waals surface area (Å²) in [5.74, 6) is -0.460. The van der Waals surface area contributed by atoms with E-state index in [1.807, 2.05) is 0 Å². The Balaban J connectivity index is 2.16. The molecule has 7 heteroatoms. The maximum atomic E-state index is 12.9. The minimum absolute atomic E-state index is 0.0414. The van der Waals surface area contributed by atoms with Crippen molar-refractivity contribution in [1.29, 1.82) is 0 Å². The third kappa shape index (κ3) is 3.62. The molecule has 1 aromatic carbocycles. The first-order valence-electron chi connectivity index (χ1n) is 6.21. The van der Waals surface area contributed by atoms with Crippen LogP contribution in [0.25, 0.3) is 0 Å². The van der Waals surface area contributed by atoms with Gasteiger partial charge in [-0.15, -0.1) is 0 Å². The molecule has 1 N–H and O–H groups in total. The second-order valence-electron chi connectivity index (χ2n) is 4.74. The summed E-state index contributed by atoms with van der Waals surface area (Å²) in [6, 6.07) is 3.85. The van der Waals surface area contributed by atoms with Crippen molar-refractivity contribution in [3.63, 3.8) is 0 Å². The molecule has 0 bridgehead atoms. The number of amides is 1. The highest BCUT2D eigenvalue weighted by Crippen LogP contribution is 2.32. The molecular weight excluding hydrogens is 283 g/mol. The summed E-state index contributed by atoms with van der Waals surface area (Å²) in [6.07, 6.45) is -1.59. The van der Waals surface area contributed by atoms with Crippen LogP contribution >= 0.6 is 0 Å². The summed E-state index contributed by atoms with van der Waals surface area (Å²) >= 11 is 0. The van der Waals surface area contributed by atoms with Gasteiger partial charge in [-0.25, -0.2) is 0 Å². The molecule has 4 nitrogen and oxygen atoms in total. The number of aromatic nitrogens is 2. The van der Waals surface area contributed by atoms with Crippen molar-refractivity contribution < 1.29 is 18.0 Å². The van der Waals surface area contributed by atoms with Crippen LogP contribution in [0.1, 0.15) is 27.0 Å². The van der Waals surface area contributed by atoms with E-state index in [1.165, 1.54) is 29.2 Å². The second-order valence-corrected chi connectivity index (χ2v) is 4.74. The molecule has 0 radical (unpaired) electrons. The molecule has 0 atom stereocenters. The van der Waals surface area contributed by atoms with E-state index in [9.17, 15) is 18.0 Å². The molecular formula is C14H14F3N3O. The van der Waals surface area contributed by atoms with Crippen molar-refractivity contribution in [1.82, 2.24) is 15.1 Å². The average molecular weight is 297 g/mol. The fourth-order valence-electron chi connectivity index (χ4n) is 1.96. The van der Waals surface area contributed by atoms with Crippen molar-refractivity contribution in [3.05, 3.63) is 52.8 Å². The molecule has 0 spiro atoms. The zero-order chi connectivity index (χ0) is 15.6. The Hall–Kier alpha value is -2.31. The molecule has 2 rings (SSSR count). The Kier molecular flexibility index (Phi) is 4.02. The lowest BCUT2D eigenvalue weighted by Crippen LogP contribution is -2.24. The largest absolute Gasteiger partial charge is 0.416 e. The van der Waals surface area contributed by atoms with Gasteiger partial charge in [0.25, 0.3) is 5.91 Å². The van der Waals surface area contributed by atoms with Crippen molar-refractivity contribution >= 4 is 5.91 Å². The van der Waals surface area contributed by atoms with Gasteiger partial charge < -0.3 is 5.32 Å². The van der Waals surface area contributed by atoms with Crippen LogP contribution in [0.15, 0.2) is 30.6 Å². The molecule has 1 heterocycles. The summed E-state index contributed by atoms with van der Waals surface area (Å²) in [4.78, 5) is 11.8. The Labute approximate surface area is 119 Å². The van der Waals surface area contributed by atoms with E-state index >= 15 is 0 Å². The van der Waals surface area contributed by atoms with E-state index in [0.717, 1.165) is 6.07 Å². The monoisotopic (exact) mass is 297 g/mol. The van der Waals surface area contributed by atoms with E-state index in [1.54, 1.807) is 14.0 Å². The number of nitrogens with zero attached hydrogens (tertiary/aromatic N) is 2. The van der Waals surface area contributed by atoms with Crippen molar-refractivity contribution in [2.45, 2.75) is 19.6 Å². The Morgan fingerprint density at radius 3 is 2.67 bits per heavy atom. The predicted octanol–water partition coefficient (Wildman–Crippen LogP) is 2.68. The number of aryl methyl sites for hydroxylation is 2. The summed E-state index contributed by atoms with van der Waals surface area (Å²) in [5.41, 5.74) is 0.312. The van der Waals surface area contributed by atoms with Crippen LogP contribution in [-0.2, 0) is 19.8 Å². The van der Waals surface area contributed by atoms with E-state index in [-0.39, 0.29) is 12.1 Å². The Bertz CT molecular complexity index is 662. The molecule has 112 valence electrons. The SMILES string of the molecule is Cc1ccc(C(F)(F)F)c(CNC(=O)c2cnn(C)c2)c1. The summed E-state index contributed by atoms with van der Waals surface area (Å²) in [7, 11) is 1.65. The topological polar surface area (TPSA) is 46.9 Å². The third-order valence-corrected chi connectivity index (χ3v) is 2.97. The fourth-order valence-corrected chi connectivity index (χ4v) is 1.96. The lowest BCUT2D eigenvalue weighted by atomic mass is 10.0. The quantitative estimate of drug-likeness (QED) is 0.947. The molecule has 0 aliphatic rings. The summed E-state index contributed by atoms with van der Waals surface area (Å²) in [6.45, 7) is 1.51. The first kappa shape index (κ1) is 15.1. The molecule has 0 aliphatic heterocycles. The van der Waals surface area contributed by atoms with Gasteiger partial charge in [0.2, 0.25) is 0 Å². The van der Waals surface area contributed by atoms with E-state index in [2.05, 4.69) is 10.4 Å². The highest BCUT2D eigenvalue weighted by molar-refractivity contribution is 5.93. The molecule has 0 saturated carbocycles. The van der Waals surface area contributed by atoms with Gasteiger partial charge >= 0.3 is 6.18 Å². The first-order chi connectivity index (χ1) is 9.77. The number of hydrogen-bond donors (Lipinski definition) is 1. The highest BCUT2D eigenvalue weighted by Gasteiger charge is 2.33. The predicted molar refractivity (Wildman–Crippen MR) is 70.6 cm³/mol. The lowest BCUT2D eigenvalue weighted by molar-refractivity contribution is -0.138. The summed E-state index contributed by atoms with van der Waals surface area (Å²) in [5, 5.41) is 6.32. The molecule has 2 aromatic rings. The fraction of sp³-hybridized carbons (Fsp3) is 0.286. The normalized spacial score (nSPS) is 11.5. The van der Waals surface area contributed by atoms with Crippen LogP contribution in [0.2, 0.25) is 0 Å². The molecule has 0 aliphatic carbocycles. The lowest BCUT2D eigenvalue weighted by Gasteiger charge is -2.14. The maximum absolute atomic E-state index is 12.9. The van der Waals surface area contributed by atoms with Crippen LogP contribution in [0.3, 0.4) is 0 Å². The van der Waals surface area contributed by atoms with Crippen molar-refractivity contribution in [2.24, 2.45) is 7.05 Å². The van der Waals surface area contributed by atoms with Gasteiger partial charge in [-0.2, -0.15) is 18.3 Å². The smallest absolute Gasteiger partial charge is 0.348 e. The number of nitrogens with one attached hydrogen (secondary N) is 1. The summed E-state index contributed by atoms with van der Waals surface area (Å²) < 4.78 is 40.2. The standard InChI is InChI=1S/C14H14F3N3O/c1-9-3-4-12(14(15,16)17)10(5-9)6-18-13(21)11-7-19-20(2)8-11/h3-5,7-8H,6H2,1-2H3,(H,18,21). The highest BCUT2D eigenvalue weighted by atomic mass is 19.4. The van der Waals surface area contributed by atoms with E-state index < -0.39 is 17.6 Å². The molecule has 1 aromatic heterocycles. The van der Waals surface area contributed by atoms with Crippen LogP contribution < -0.4 is 5.32 Å². The number of hydrogen-bond acceptors (Lipinski definition) is 2. The second kappa shape index (κ2) is 5.59. The van der Waals surface area contributed by atoms with Crippen molar-refractivity contribution in [3.8, 4) is 0 Å². The van der Waals surface area contributed by atoms with Crippen molar-refractivity contribution in [2.75, 3.05) is 0 Å². The van der Waals surface area contributed by atoms with Gasteiger partial charge in [-0.05, 0) is 18.6 Å². The van der Waals surface area contributed by atoms with E-state index in [4.69, 9.17) is 0 Å². The average Bonchev–Trinajstić information content (AvgIpc) is 2.81. The van der Waals surface area contributed by atoms with Gasteiger partial charge in [-0.1, -0.05) is 17.7 Å². The number of carbonyl (C=O) groups excluding carboxylic acids is 1. The third-order valence-electron chi connectivity index (χ3n) is 2.97. The van der Waals surface area contributed by atoms with E-state index in [0.29, 0.717) is 11.1 Å². The zero-order valence-electron chi connectivity index (χ0n) is 11.5. The molecule has 0 saturated heterocycles. The number of benzene rings is 1. The van der Waals surface area contributed by atoms with Gasteiger partial charge in [0.15, 0.2) is 0 Å². The van der Waals surface area contributed by atoms with Crippen LogP contribution in [0.5, 0.6) is 0 Å². The number of alkyl halides is 3. The van der Waals surface area contributed by atoms with Crippen LogP contribution in [-0.4, -0.2) is 15.7 Å². The van der Waals surface area contributed by atoms with Gasteiger partial charge in [0, 0.05) is 19.8 Å². The van der Waals surface area contributed by atoms with Gasteiger partial charge in [0.05, 0.1) is 17.3 Å². The zero-order valence-corrected chi connectivity index (χ0v) is 11.5. The maximum Gasteiger partial charge on any atom is 0.416 e. The number of carbonyl (C=O) groups is 1. The first-order valence-corrected chi connectivity index (χ1v) is 6.21. The minimum Gasteiger partial charge on any atom is -0.348 e. The van der Waals surface area contributed by atoms with Gasteiger partial charge in [-0.3, -0.25) is 9.48 Å². The number of halogens is 3. The molecule has 0 unspecified atom stereocenters. The van der Waals surface area contributed by atoms with Gasteiger partial charge in [0.1, 0.15) is 0 Å². The minimum atomic E-state index is -4.44. The molecule has 0 fully saturated rings. The Morgan fingerprint density at radius 1 is 1.38 bits per heavy atom. The Morgan fingerprint density at radius 2 is 2.10 bits per heavy atom. The van der Waals surface area contributed by atoms with Crippen LogP contribution in [0.4, 0.5) is 13.2 Å².